The molecule has 0 bridgehead atoms. The maximum atomic E-state index is 3.45. The number of fused-ring (bicyclic) bond motifs is 3. The highest BCUT2D eigenvalue weighted by Gasteiger charge is 2.20. The molecule has 0 amide bonds. The quantitative estimate of drug-likeness (QED) is 0.277. The van der Waals surface area contributed by atoms with Crippen molar-refractivity contribution in [3.05, 3.63) is 117 Å². The van der Waals surface area contributed by atoms with Crippen LogP contribution in [-0.2, 0) is 6.42 Å². The molecule has 4 aromatic carbocycles. The normalized spacial score (nSPS) is 12.7. The van der Waals surface area contributed by atoms with E-state index in [0.29, 0.717) is 5.92 Å². The molecule has 1 aliphatic rings. The lowest BCUT2D eigenvalue weighted by Crippen LogP contribution is -2.10. The van der Waals surface area contributed by atoms with Crippen molar-refractivity contribution in [1.82, 2.24) is 0 Å². The number of hydrogen-bond acceptors (Lipinski definition) is 0. The van der Waals surface area contributed by atoms with Crippen LogP contribution in [0.25, 0.3) is 10.8 Å². The van der Waals surface area contributed by atoms with Crippen LogP contribution in [0.5, 0.6) is 0 Å². The summed E-state index contributed by atoms with van der Waals surface area (Å²) in [7, 11) is 0. The molecule has 0 saturated heterocycles. The van der Waals surface area contributed by atoms with E-state index >= 15 is 0 Å². The van der Waals surface area contributed by atoms with Gasteiger partial charge in [0.05, 0.1) is 0 Å². The van der Waals surface area contributed by atoms with Crippen LogP contribution in [0.15, 0.2) is 89.4 Å². The zero-order valence-electron chi connectivity index (χ0n) is 15.7. The third-order valence-corrected chi connectivity index (χ3v) is 5.88. The SMILES string of the molecule is CC1c2ccccc2Cc2ccccc21.Cc1ccc2cc(Br)ccc2c1. The summed E-state index contributed by atoms with van der Waals surface area (Å²) in [5.74, 6) is 0.547. The number of benzene rings is 4. The lowest BCUT2D eigenvalue weighted by atomic mass is 9.79. The molecule has 1 heteroatoms. The predicted octanol–water partition coefficient (Wildman–Crippen LogP) is 7.65. The summed E-state index contributed by atoms with van der Waals surface area (Å²) in [4.78, 5) is 0. The third-order valence-electron chi connectivity index (χ3n) is 5.38. The van der Waals surface area contributed by atoms with Crippen molar-refractivity contribution in [2.45, 2.75) is 26.2 Å². The smallest absolute Gasteiger partial charge is 0.0181 e. The van der Waals surface area contributed by atoms with Crippen LogP contribution in [0.1, 0.15) is 40.7 Å². The molecule has 0 N–H and O–H groups in total. The molecule has 0 aromatic heterocycles. The van der Waals surface area contributed by atoms with Crippen molar-refractivity contribution in [2.24, 2.45) is 0 Å². The number of hydrogen-bond donors (Lipinski definition) is 0. The molecular formula is C26H23Br. The summed E-state index contributed by atoms with van der Waals surface area (Å²) in [5, 5.41) is 2.59. The van der Waals surface area contributed by atoms with Gasteiger partial charge < -0.3 is 0 Å². The van der Waals surface area contributed by atoms with E-state index in [1.54, 1.807) is 0 Å². The fourth-order valence-corrected chi connectivity index (χ4v) is 4.32. The van der Waals surface area contributed by atoms with Crippen LogP contribution in [0.2, 0.25) is 0 Å². The van der Waals surface area contributed by atoms with Crippen molar-refractivity contribution >= 4 is 26.7 Å². The van der Waals surface area contributed by atoms with Crippen LogP contribution in [0.3, 0.4) is 0 Å². The van der Waals surface area contributed by atoms with E-state index in [4.69, 9.17) is 0 Å². The minimum atomic E-state index is 0.547. The van der Waals surface area contributed by atoms with Gasteiger partial charge in [0, 0.05) is 10.4 Å². The topological polar surface area (TPSA) is 0 Å². The van der Waals surface area contributed by atoms with Crippen molar-refractivity contribution in [3.8, 4) is 0 Å². The average molecular weight is 415 g/mol. The Morgan fingerprint density at radius 3 is 1.93 bits per heavy atom. The zero-order valence-corrected chi connectivity index (χ0v) is 17.3. The van der Waals surface area contributed by atoms with Gasteiger partial charge in [-0.1, -0.05) is 101 Å². The van der Waals surface area contributed by atoms with Crippen molar-refractivity contribution < 1.29 is 0 Å². The van der Waals surface area contributed by atoms with Crippen LogP contribution in [-0.4, -0.2) is 0 Å². The molecule has 0 saturated carbocycles. The Morgan fingerprint density at radius 1 is 0.704 bits per heavy atom. The van der Waals surface area contributed by atoms with Crippen LogP contribution >= 0.6 is 15.9 Å². The zero-order chi connectivity index (χ0) is 18.8. The van der Waals surface area contributed by atoms with Crippen LogP contribution < -0.4 is 0 Å². The van der Waals surface area contributed by atoms with Crippen LogP contribution in [0.4, 0.5) is 0 Å². The first kappa shape index (κ1) is 18.0. The third kappa shape index (κ3) is 3.84. The monoisotopic (exact) mass is 414 g/mol. The highest BCUT2D eigenvalue weighted by molar-refractivity contribution is 9.10. The van der Waals surface area contributed by atoms with Gasteiger partial charge in [-0.05, 0) is 58.5 Å². The molecule has 0 nitrogen and oxygen atoms in total. The predicted molar refractivity (Wildman–Crippen MR) is 120 cm³/mol. The first-order valence-corrected chi connectivity index (χ1v) is 10.2. The molecule has 27 heavy (non-hydrogen) atoms. The van der Waals surface area contributed by atoms with E-state index in [1.807, 2.05) is 0 Å². The number of rotatable bonds is 0. The van der Waals surface area contributed by atoms with Crippen molar-refractivity contribution in [2.75, 3.05) is 0 Å². The highest BCUT2D eigenvalue weighted by atomic mass is 79.9. The fourth-order valence-electron chi connectivity index (χ4n) is 3.94. The summed E-state index contributed by atoms with van der Waals surface area (Å²) in [6, 6.07) is 30.4. The summed E-state index contributed by atoms with van der Waals surface area (Å²) >= 11 is 3.45. The molecule has 0 spiro atoms. The molecule has 5 rings (SSSR count). The van der Waals surface area contributed by atoms with Gasteiger partial charge in [-0.2, -0.15) is 0 Å². The fraction of sp³-hybridized carbons (Fsp3) is 0.154. The molecule has 4 aromatic rings. The number of halogens is 1. The van der Waals surface area contributed by atoms with Gasteiger partial charge in [0.2, 0.25) is 0 Å². The largest absolute Gasteiger partial charge is 0.0620 e. The second-order valence-electron chi connectivity index (χ2n) is 7.29. The van der Waals surface area contributed by atoms with Gasteiger partial charge in [-0.25, -0.2) is 0 Å². The molecule has 1 aliphatic carbocycles. The molecule has 0 atom stereocenters. The van der Waals surface area contributed by atoms with E-state index in [0.717, 1.165) is 10.9 Å². The Balaban J connectivity index is 0.000000137. The second kappa shape index (κ2) is 7.70. The molecule has 0 aliphatic heterocycles. The van der Waals surface area contributed by atoms with Gasteiger partial charge in [-0.15, -0.1) is 0 Å². The van der Waals surface area contributed by atoms with Gasteiger partial charge in [0.25, 0.3) is 0 Å². The maximum absolute atomic E-state index is 3.45. The van der Waals surface area contributed by atoms with E-state index < -0.39 is 0 Å². The van der Waals surface area contributed by atoms with Gasteiger partial charge >= 0.3 is 0 Å². The molecule has 0 fully saturated rings. The second-order valence-corrected chi connectivity index (χ2v) is 8.21. The van der Waals surface area contributed by atoms with E-state index in [2.05, 4.69) is 115 Å². The molecule has 134 valence electrons. The first-order valence-electron chi connectivity index (χ1n) is 9.43. The lowest BCUT2D eigenvalue weighted by Gasteiger charge is -2.25. The summed E-state index contributed by atoms with van der Waals surface area (Å²) in [5.41, 5.74) is 7.28. The Labute approximate surface area is 170 Å². The Hall–Kier alpha value is -2.38. The Bertz CT molecular complexity index is 1010. The van der Waals surface area contributed by atoms with Gasteiger partial charge in [0.15, 0.2) is 0 Å². The molecule has 0 radical (unpaired) electrons. The summed E-state index contributed by atoms with van der Waals surface area (Å²) in [6.07, 6.45) is 1.09. The lowest BCUT2D eigenvalue weighted by molar-refractivity contribution is 0.845. The van der Waals surface area contributed by atoms with Crippen molar-refractivity contribution in [3.63, 3.8) is 0 Å². The number of aryl methyl sites for hydroxylation is 1. The first-order chi connectivity index (χ1) is 13.1. The van der Waals surface area contributed by atoms with E-state index in [1.165, 1.54) is 38.6 Å². The van der Waals surface area contributed by atoms with Gasteiger partial charge in [-0.3, -0.25) is 0 Å². The minimum absolute atomic E-state index is 0.547. The van der Waals surface area contributed by atoms with Crippen molar-refractivity contribution in [1.29, 1.82) is 0 Å². The molecular weight excluding hydrogens is 392 g/mol. The molecule has 0 heterocycles. The summed E-state index contributed by atoms with van der Waals surface area (Å²) in [6.45, 7) is 4.41. The Morgan fingerprint density at radius 2 is 1.26 bits per heavy atom. The van der Waals surface area contributed by atoms with E-state index in [9.17, 15) is 0 Å². The van der Waals surface area contributed by atoms with Crippen LogP contribution in [0, 0.1) is 6.92 Å². The van der Waals surface area contributed by atoms with Gasteiger partial charge in [0.1, 0.15) is 0 Å². The minimum Gasteiger partial charge on any atom is -0.0620 e. The van der Waals surface area contributed by atoms with E-state index in [-0.39, 0.29) is 0 Å². The molecule has 0 unspecified atom stereocenters. The summed E-state index contributed by atoms with van der Waals surface area (Å²) < 4.78 is 1.14. The highest BCUT2D eigenvalue weighted by Crippen LogP contribution is 2.35. The standard InChI is InChI=1S/C15H14.C11H9Br/c1-11-14-8-4-2-6-12(14)10-13-7-3-5-9-15(11)13;1-8-2-3-10-7-11(12)5-4-9(10)6-8/h2-9,11H,10H2,1H3;2-7H,1H3. The Kier molecular flexibility index (Phi) is 5.13. The average Bonchev–Trinajstić information content (AvgIpc) is 2.69. The maximum Gasteiger partial charge on any atom is 0.0181 e.